The first kappa shape index (κ1) is 31.1. The molecule has 2 aromatic carbocycles. The zero-order valence-electron chi connectivity index (χ0n) is 24.0. The van der Waals surface area contributed by atoms with Gasteiger partial charge in [-0.3, -0.25) is 33.7 Å². The largest absolute Gasteiger partial charge is 0.463 e. The summed E-state index contributed by atoms with van der Waals surface area (Å²) >= 11 is 0. The van der Waals surface area contributed by atoms with Crippen LogP contribution in [0.15, 0.2) is 30.3 Å². The predicted molar refractivity (Wildman–Crippen MR) is 145 cm³/mol. The molecule has 2 aromatic rings. The van der Waals surface area contributed by atoms with E-state index in [1.807, 2.05) is 0 Å². The number of esters is 4. The number of amides is 2. The molecule has 0 unspecified atom stereocenters. The molecule has 13 heteroatoms. The summed E-state index contributed by atoms with van der Waals surface area (Å²) in [6, 6.07) is 8.34. The molecule has 0 saturated carbocycles. The van der Waals surface area contributed by atoms with Crippen molar-refractivity contribution in [3.63, 3.8) is 0 Å². The molecule has 5 atom stereocenters. The van der Waals surface area contributed by atoms with Crippen LogP contribution in [0.3, 0.4) is 0 Å². The Morgan fingerprint density at radius 2 is 1.42 bits per heavy atom. The van der Waals surface area contributed by atoms with Crippen LogP contribution in [0.4, 0.5) is 0 Å². The normalized spacial score (nSPS) is 22.7. The standard InChI is InChI=1S/C30H29NO12/c1-15(32)39-14-23-25(40-16(2)33)26(41-17(3)34)27(42-18(4)35)30(43-23)38-13-7-8-19-11-12-22-24-20(19)9-6-10-21(24)28(36)31(5)29(22)37/h6,9-12,23,25-27,30H,13-14H2,1-5H3/t23-,25-,26+,27-,30-/m1/s1. The molecule has 226 valence electrons. The van der Waals surface area contributed by atoms with Crippen molar-refractivity contribution >= 4 is 46.5 Å². The summed E-state index contributed by atoms with van der Waals surface area (Å²) in [6.45, 7) is 3.86. The zero-order chi connectivity index (χ0) is 31.4. The van der Waals surface area contributed by atoms with Crippen molar-refractivity contribution in [1.29, 1.82) is 0 Å². The van der Waals surface area contributed by atoms with Crippen LogP contribution in [-0.2, 0) is 47.6 Å². The number of carbonyl (C=O) groups excluding carboxylic acids is 6. The van der Waals surface area contributed by atoms with E-state index in [0.29, 0.717) is 27.5 Å². The number of nitrogens with zero attached hydrogens (tertiary/aromatic N) is 1. The van der Waals surface area contributed by atoms with Crippen molar-refractivity contribution < 1.29 is 57.2 Å². The van der Waals surface area contributed by atoms with Crippen molar-refractivity contribution in [2.45, 2.75) is 58.4 Å². The van der Waals surface area contributed by atoms with E-state index in [9.17, 15) is 28.8 Å². The lowest BCUT2D eigenvalue weighted by atomic mass is 9.91. The molecule has 0 spiro atoms. The summed E-state index contributed by atoms with van der Waals surface area (Å²) < 4.78 is 32.8. The van der Waals surface area contributed by atoms with Gasteiger partial charge in [0.25, 0.3) is 11.8 Å². The highest BCUT2D eigenvalue weighted by atomic mass is 16.7. The molecule has 0 radical (unpaired) electrons. The summed E-state index contributed by atoms with van der Waals surface area (Å²) in [5.41, 5.74) is 1.29. The van der Waals surface area contributed by atoms with E-state index in [2.05, 4.69) is 11.8 Å². The average Bonchev–Trinajstić information content (AvgIpc) is 2.94. The summed E-state index contributed by atoms with van der Waals surface area (Å²) in [7, 11) is 1.42. The monoisotopic (exact) mass is 595 g/mol. The lowest BCUT2D eigenvalue weighted by molar-refractivity contribution is -0.305. The number of imide groups is 1. The van der Waals surface area contributed by atoms with E-state index >= 15 is 0 Å². The fourth-order valence-electron chi connectivity index (χ4n) is 4.90. The van der Waals surface area contributed by atoms with Gasteiger partial charge in [0.15, 0.2) is 24.6 Å². The molecule has 1 fully saturated rings. The maximum Gasteiger partial charge on any atom is 0.303 e. The van der Waals surface area contributed by atoms with E-state index in [4.69, 9.17) is 28.4 Å². The molecular weight excluding hydrogens is 566 g/mol. The van der Waals surface area contributed by atoms with Crippen LogP contribution in [0, 0.1) is 11.8 Å². The second-order valence-electron chi connectivity index (χ2n) is 9.74. The number of benzene rings is 2. The molecular formula is C30H29NO12. The Hall–Kier alpha value is -4.80. The van der Waals surface area contributed by atoms with Crippen molar-refractivity contribution in [3.05, 3.63) is 47.0 Å². The van der Waals surface area contributed by atoms with Gasteiger partial charge >= 0.3 is 23.9 Å². The maximum absolute atomic E-state index is 12.7. The minimum absolute atomic E-state index is 0.280. The first-order valence-electron chi connectivity index (χ1n) is 13.2. The van der Waals surface area contributed by atoms with E-state index in [1.54, 1.807) is 30.3 Å². The minimum atomic E-state index is -1.38. The second-order valence-corrected chi connectivity index (χ2v) is 9.74. The van der Waals surface area contributed by atoms with Gasteiger partial charge < -0.3 is 28.4 Å². The third kappa shape index (κ3) is 6.82. The van der Waals surface area contributed by atoms with Gasteiger partial charge in [0.2, 0.25) is 0 Å². The summed E-state index contributed by atoms with van der Waals surface area (Å²) in [5, 5.41) is 1.10. The molecule has 0 N–H and O–H groups in total. The lowest BCUT2D eigenvalue weighted by Crippen LogP contribution is -2.63. The number of hydrogen-bond acceptors (Lipinski definition) is 12. The van der Waals surface area contributed by atoms with Crippen molar-refractivity contribution in [2.75, 3.05) is 20.3 Å². The maximum atomic E-state index is 12.7. The molecule has 0 aromatic heterocycles. The van der Waals surface area contributed by atoms with Gasteiger partial charge in [0, 0.05) is 56.8 Å². The first-order chi connectivity index (χ1) is 20.4. The van der Waals surface area contributed by atoms with Crippen LogP contribution < -0.4 is 0 Å². The lowest BCUT2D eigenvalue weighted by Gasteiger charge is -2.43. The topological polar surface area (TPSA) is 161 Å². The van der Waals surface area contributed by atoms with Crippen LogP contribution in [0.2, 0.25) is 0 Å². The van der Waals surface area contributed by atoms with Gasteiger partial charge in [0.1, 0.15) is 19.3 Å². The number of rotatable bonds is 7. The van der Waals surface area contributed by atoms with Crippen molar-refractivity contribution in [1.82, 2.24) is 4.90 Å². The summed E-state index contributed by atoms with van der Waals surface area (Å²) in [4.78, 5) is 73.7. The highest BCUT2D eigenvalue weighted by Crippen LogP contribution is 2.32. The summed E-state index contributed by atoms with van der Waals surface area (Å²) in [6.07, 6.45) is -6.59. The third-order valence-corrected chi connectivity index (χ3v) is 6.60. The average molecular weight is 596 g/mol. The smallest absolute Gasteiger partial charge is 0.303 e. The second kappa shape index (κ2) is 13.0. The number of ether oxygens (including phenoxy) is 6. The van der Waals surface area contributed by atoms with E-state index in [0.717, 1.165) is 25.7 Å². The molecule has 43 heavy (non-hydrogen) atoms. The van der Waals surface area contributed by atoms with E-state index in [-0.39, 0.29) is 6.61 Å². The molecule has 0 aliphatic carbocycles. The number of hydrogen-bond donors (Lipinski definition) is 0. The molecule has 0 bridgehead atoms. The molecule has 4 rings (SSSR count). The van der Waals surface area contributed by atoms with Crippen molar-refractivity contribution in [3.8, 4) is 11.8 Å². The predicted octanol–water partition coefficient (Wildman–Crippen LogP) is 1.52. The van der Waals surface area contributed by atoms with Gasteiger partial charge in [-0.1, -0.05) is 24.0 Å². The molecule has 13 nitrogen and oxygen atoms in total. The quantitative estimate of drug-likeness (QED) is 0.197. The van der Waals surface area contributed by atoms with Crippen LogP contribution in [0.1, 0.15) is 54.0 Å². The van der Waals surface area contributed by atoms with Crippen LogP contribution >= 0.6 is 0 Å². The third-order valence-electron chi connectivity index (χ3n) is 6.60. The van der Waals surface area contributed by atoms with Crippen molar-refractivity contribution in [2.24, 2.45) is 0 Å². The van der Waals surface area contributed by atoms with E-state index < -0.39 is 73.0 Å². The molecule has 2 amide bonds. The van der Waals surface area contributed by atoms with Gasteiger partial charge in [-0.05, 0) is 23.6 Å². The Bertz CT molecular complexity index is 1530. The van der Waals surface area contributed by atoms with Crippen LogP contribution in [0.25, 0.3) is 10.8 Å². The Morgan fingerprint density at radius 3 is 2.05 bits per heavy atom. The Morgan fingerprint density at radius 1 is 0.814 bits per heavy atom. The van der Waals surface area contributed by atoms with Gasteiger partial charge in [0.05, 0.1) is 0 Å². The Balaban J connectivity index is 1.62. The fraction of sp³-hybridized carbons (Fsp3) is 0.400. The highest BCUT2D eigenvalue weighted by Gasteiger charge is 2.52. The molecule has 2 aliphatic rings. The Kier molecular flexibility index (Phi) is 9.43. The van der Waals surface area contributed by atoms with Gasteiger partial charge in [-0.25, -0.2) is 0 Å². The first-order valence-corrected chi connectivity index (χ1v) is 13.2. The Labute approximate surface area is 246 Å². The fourth-order valence-corrected chi connectivity index (χ4v) is 4.90. The molecule has 1 saturated heterocycles. The van der Waals surface area contributed by atoms with Crippen LogP contribution in [-0.4, -0.2) is 91.6 Å². The SMILES string of the molecule is CC(=O)OC[C@H]1O[C@@H](OCC#Cc2ccc3c4c(cccc24)C(=O)N(C)C3=O)[C@H](OC(C)=O)[C@@H](OC(C)=O)[C@@H]1OC(C)=O. The van der Waals surface area contributed by atoms with Gasteiger partial charge in [-0.2, -0.15) is 0 Å². The van der Waals surface area contributed by atoms with E-state index in [1.165, 1.54) is 14.0 Å². The number of carbonyl (C=O) groups is 6. The van der Waals surface area contributed by atoms with Gasteiger partial charge in [-0.15, -0.1) is 0 Å². The highest BCUT2D eigenvalue weighted by molar-refractivity contribution is 6.25. The molecule has 2 aliphatic heterocycles. The molecule has 2 heterocycles. The minimum Gasteiger partial charge on any atom is -0.463 e. The summed E-state index contributed by atoms with van der Waals surface area (Å²) in [5.74, 6) is 2.04. The van der Waals surface area contributed by atoms with Crippen LogP contribution in [0.5, 0.6) is 0 Å². The zero-order valence-corrected chi connectivity index (χ0v) is 24.0.